The number of carbonyl (C=O) groups excluding carboxylic acids is 2. The van der Waals surface area contributed by atoms with Crippen LogP contribution >= 0.6 is 0 Å². The van der Waals surface area contributed by atoms with E-state index in [0.717, 1.165) is 0 Å². The lowest BCUT2D eigenvalue weighted by Gasteiger charge is -2.14. The van der Waals surface area contributed by atoms with Crippen LogP contribution in [0.5, 0.6) is 5.75 Å². The number of amides is 2. The number of nitrogens with one attached hydrogen (secondary N) is 2. The van der Waals surface area contributed by atoms with Gasteiger partial charge in [-0.25, -0.2) is 4.39 Å². The SMILES string of the molecule is COc1cccc(C(=O)NC(C)C(=O)Nc2ccccc2F)c1. The molecule has 0 aromatic heterocycles. The maximum Gasteiger partial charge on any atom is 0.252 e. The average molecular weight is 316 g/mol. The van der Waals surface area contributed by atoms with Crippen molar-refractivity contribution in [2.24, 2.45) is 0 Å². The standard InChI is InChI=1S/C17H17FN2O3/c1-11(16(21)20-15-9-4-3-8-14(15)18)19-17(22)12-6-5-7-13(10-12)23-2/h3-11H,1-2H3,(H,19,22)(H,20,21). The maximum absolute atomic E-state index is 13.5. The molecule has 0 spiro atoms. The highest BCUT2D eigenvalue weighted by Crippen LogP contribution is 2.14. The Labute approximate surface area is 133 Å². The van der Waals surface area contributed by atoms with Crippen molar-refractivity contribution < 1.29 is 18.7 Å². The number of ether oxygens (including phenoxy) is 1. The van der Waals surface area contributed by atoms with Crippen LogP contribution in [0.25, 0.3) is 0 Å². The summed E-state index contributed by atoms with van der Waals surface area (Å²) in [7, 11) is 1.50. The van der Waals surface area contributed by atoms with Gasteiger partial charge in [0.1, 0.15) is 17.6 Å². The molecule has 0 bridgehead atoms. The summed E-state index contributed by atoms with van der Waals surface area (Å²) in [6.45, 7) is 1.52. The first-order valence-corrected chi connectivity index (χ1v) is 7.01. The summed E-state index contributed by atoms with van der Waals surface area (Å²) in [6, 6.07) is 11.6. The van der Waals surface area contributed by atoms with Gasteiger partial charge in [-0.15, -0.1) is 0 Å². The van der Waals surface area contributed by atoms with Crippen LogP contribution in [0, 0.1) is 5.82 Å². The molecule has 0 heterocycles. The zero-order chi connectivity index (χ0) is 16.8. The predicted octanol–water partition coefficient (Wildman–Crippen LogP) is 2.59. The number of halogens is 1. The van der Waals surface area contributed by atoms with Crippen LogP contribution in [0.15, 0.2) is 48.5 Å². The summed E-state index contributed by atoms with van der Waals surface area (Å²) in [5.74, 6) is -0.917. The number of para-hydroxylation sites is 1. The highest BCUT2D eigenvalue weighted by molar-refractivity contribution is 6.01. The maximum atomic E-state index is 13.5. The summed E-state index contributed by atoms with van der Waals surface area (Å²) >= 11 is 0. The smallest absolute Gasteiger partial charge is 0.252 e. The zero-order valence-corrected chi connectivity index (χ0v) is 12.8. The van der Waals surface area contributed by atoms with Gasteiger partial charge in [0.15, 0.2) is 0 Å². The Bertz CT molecular complexity index is 718. The highest BCUT2D eigenvalue weighted by atomic mass is 19.1. The molecule has 0 saturated carbocycles. The van der Waals surface area contributed by atoms with E-state index >= 15 is 0 Å². The van der Waals surface area contributed by atoms with Crippen molar-refractivity contribution in [1.29, 1.82) is 0 Å². The Morgan fingerprint density at radius 1 is 1.13 bits per heavy atom. The lowest BCUT2D eigenvalue weighted by Crippen LogP contribution is -2.41. The van der Waals surface area contributed by atoms with E-state index in [4.69, 9.17) is 4.74 Å². The van der Waals surface area contributed by atoms with Gasteiger partial charge in [0.2, 0.25) is 5.91 Å². The molecule has 0 fully saturated rings. The van der Waals surface area contributed by atoms with Crippen LogP contribution in [0.1, 0.15) is 17.3 Å². The topological polar surface area (TPSA) is 67.4 Å². The average Bonchev–Trinajstić information content (AvgIpc) is 2.56. The number of carbonyl (C=O) groups is 2. The van der Waals surface area contributed by atoms with E-state index in [0.29, 0.717) is 11.3 Å². The van der Waals surface area contributed by atoms with Crippen molar-refractivity contribution in [3.8, 4) is 5.75 Å². The van der Waals surface area contributed by atoms with Crippen LogP contribution in [0.2, 0.25) is 0 Å². The Morgan fingerprint density at radius 3 is 2.57 bits per heavy atom. The van der Waals surface area contributed by atoms with Gasteiger partial charge < -0.3 is 15.4 Å². The molecule has 0 aliphatic carbocycles. The van der Waals surface area contributed by atoms with Gasteiger partial charge in [-0.2, -0.15) is 0 Å². The number of anilines is 1. The molecule has 1 atom stereocenters. The summed E-state index contributed by atoms with van der Waals surface area (Å²) in [5, 5.41) is 4.99. The van der Waals surface area contributed by atoms with E-state index in [2.05, 4.69) is 10.6 Å². The Hall–Kier alpha value is -2.89. The molecule has 2 aromatic carbocycles. The van der Waals surface area contributed by atoms with Crippen LogP contribution < -0.4 is 15.4 Å². The second kappa shape index (κ2) is 7.40. The fourth-order valence-electron chi connectivity index (χ4n) is 1.91. The van der Waals surface area contributed by atoms with E-state index < -0.39 is 23.7 Å². The fraction of sp³-hybridized carbons (Fsp3) is 0.176. The third kappa shape index (κ3) is 4.29. The molecule has 0 aliphatic rings. The van der Waals surface area contributed by atoms with Gasteiger partial charge in [0.05, 0.1) is 12.8 Å². The second-order valence-corrected chi connectivity index (χ2v) is 4.90. The third-order valence-electron chi connectivity index (χ3n) is 3.20. The Kier molecular flexibility index (Phi) is 5.30. The van der Waals surface area contributed by atoms with Crippen molar-refractivity contribution in [3.63, 3.8) is 0 Å². The number of hydrogen-bond donors (Lipinski definition) is 2. The minimum absolute atomic E-state index is 0.0694. The van der Waals surface area contributed by atoms with Crippen molar-refractivity contribution >= 4 is 17.5 Å². The van der Waals surface area contributed by atoms with Gasteiger partial charge in [-0.1, -0.05) is 18.2 Å². The van der Waals surface area contributed by atoms with Gasteiger partial charge in [-0.05, 0) is 37.3 Å². The van der Waals surface area contributed by atoms with Gasteiger partial charge >= 0.3 is 0 Å². The van der Waals surface area contributed by atoms with E-state index in [9.17, 15) is 14.0 Å². The molecule has 6 heteroatoms. The largest absolute Gasteiger partial charge is 0.497 e. The predicted molar refractivity (Wildman–Crippen MR) is 85.0 cm³/mol. The fourth-order valence-corrected chi connectivity index (χ4v) is 1.91. The lowest BCUT2D eigenvalue weighted by atomic mass is 10.2. The first kappa shape index (κ1) is 16.5. The lowest BCUT2D eigenvalue weighted by molar-refractivity contribution is -0.117. The first-order chi connectivity index (χ1) is 11.0. The molecule has 2 N–H and O–H groups in total. The number of methoxy groups -OCH3 is 1. The zero-order valence-electron chi connectivity index (χ0n) is 12.8. The Balaban J connectivity index is 2.00. The molecular weight excluding hydrogens is 299 g/mol. The molecule has 1 unspecified atom stereocenters. The Morgan fingerprint density at radius 2 is 1.87 bits per heavy atom. The van der Waals surface area contributed by atoms with Crippen LogP contribution in [-0.4, -0.2) is 25.0 Å². The molecule has 120 valence electrons. The monoisotopic (exact) mass is 316 g/mol. The molecule has 2 aromatic rings. The van der Waals surface area contributed by atoms with E-state index in [1.165, 1.54) is 32.2 Å². The minimum atomic E-state index is -0.826. The summed E-state index contributed by atoms with van der Waals surface area (Å²) in [5.41, 5.74) is 0.440. The summed E-state index contributed by atoms with van der Waals surface area (Å²) in [4.78, 5) is 24.2. The molecule has 2 rings (SSSR count). The molecular formula is C17H17FN2O3. The van der Waals surface area contributed by atoms with Gasteiger partial charge in [0.25, 0.3) is 5.91 Å². The molecule has 5 nitrogen and oxygen atoms in total. The normalized spacial score (nSPS) is 11.4. The van der Waals surface area contributed by atoms with Gasteiger partial charge in [-0.3, -0.25) is 9.59 Å². The highest BCUT2D eigenvalue weighted by Gasteiger charge is 2.18. The molecule has 0 radical (unpaired) electrons. The summed E-state index contributed by atoms with van der Waals surface area (Å²) < 4.78 is 18.6. The second-order valence-electron chi connectivity index (χ2n) is 4.90. The van der Waals surface area contributed by atoms with Crippen LogP contribution in [0.4, 0.5) is 10.1 Å². The van der Waals surface area contributed by atoms with Crippen molar-refractivity contribution in [3.05, 3.63) is 59.9 Å². The number of benzene rings is 2. The molecule has 23 heavy (non-hydrogen) atoms. The van der Waals surface area contributed by atoms with Crippen molar-refractivity contribution in [2.75, 3.05) is 12.4 Å². The van der Waals surface area contributed by atoms with E-state index in [-0.39, 0.29) is 5.69 Å². The van der Waals surface area contributed by atoms with Crippen LogP contribution in [0.3, 0.4) is 0 Å². The van der Waals surface area contributed by atoms with Gasteiger partial charge in [0, 0.05) is 5.56 Å². The number of rotatable bonds is 5. The molecule has 2 amide bonds. The number of hydrogen-bond acceptors (Lipinski definition) is 3. The third-order valence-corrected chi connectivity index (χ3v) is 3.20. The van der Waals surface area contributed by atoms with Crippen molar-refractivity contribution in [2.45, 2.75) is 13.0 Å². The van der Waals surface area contributed by atoms with Crippen LogP contribution in [-0.2, 0) is 4.79 Å². The van der Waals surface area contributed by atoms with E-state index in [1.807, 2.05) is 0 Å². The van der Waals surface area contributed by atoms with E-state index in [1.54, 1.807) is 30.3 Å². The van der Waals surface area contributed by atoms with Crippen molar-refractivity contribution in [1.82, 2.24) is 5.32 Å². The quantitative estimate of drug-likeness (QED) is 0.891. The molecule has 0 aliphatic heterocycles. The first-order valence-electron chi connectivity index (χ1n) is 7.01. The summed E-state index contributed by atoms with van der Waals surface area (Å²) in [6.07, 6.45) is 0. The minimum Gasteiger partial charge on any atom is -0.497 e. The molecule has 0 saturated heterocycles.